The van der Waals surface area contributed by atoms with Gasteiger partial charge in [-0.3, -0.25) is 9.59 Å². The lowest BCUT2D eigenvalue weighted by Crippen LogP contribution is -2.58. The fourth-order valence-corrected chi connectivity index (χ4v) is 4.06. The number of halogens is 1. The van der Waals surface area contributed by atoms with Gasteiger partial charge < -0.3 is 9.38 Å². The molecule has 0 saturated carbocycles. The Labute approximate surface area is 154 Å². The van der Waals surface area contributed by atoms with E-state index in [1.165, 1.54) is 25.8 Å². The van der Waals surface area contributed by atoms with Gasteiger partial charge in [0.25, 0.3) is 0 Å². The molecule has 2 aliphatic rings. The van der Waals surface area contributed by atoms with Crippen molar-refractivity contribution in [2.45, 2.75) is 26.2 Å². The molecule has 3 rings (SSSR count). The quantitative estimate of drug-likeness (QED) is 0.595. The van der Waals surface area contributed by atoms with Crippen molar-refractivity contribution in [2.24, 2.45) is 0 Å². The van der Waals surface area contributed by atoms with E-state index in [0.717, 1.165) is 30.7 Å². The first-order chi connectivity index (χ1) is 12.0. The number of hydrogen-bond donors (Lipinski definition) is 0. The number of hydrogen-bond acceptors (Lipinski definition) is 3. The van der Waals surface area contributed by atoms with Crippen LogP contribution in [0, 0.1) is 0 Å². The van der Waals surface area contributed by atoms with Crippen LogP contribution in [0.1, 0.15) is 46.9 Å². The van der Waals surface area contributed by atoms with Crippen LogP contribution >= 0.6 is 11.6 Å². The first-order valence-electron chi connectivity index (χ1n) is 9.13. The lowest BCUT2D eigenvalue weighted by molar-refractivity contribution is -0.913. The Kier molecular flexibility index (Phi) is 5.30. The Morgan fingerprint density at radius 2 is 1.64 bits per heavy atom. The first-order valence-corrected chi connectivity index (χ1v) is 9.51. The topological polar surface area (TPSA) is 37.4 Å². The molecule has 1 aliphatic carbocycles. The standard InChI is InChI=1S/C20H26ClN2O2/c1-3-4-7-12-23(2)13-10-22(11-14-23)18-17(21)19(24)15-8-5-6-9-16(15)20(18)25/h5-6,8-9H,3-4,7,10-14H2,1-2H3/q+1. The van der Waals surface area contributed by atoms with Crippen molar-refractivity contribution in [3.05, 3.63) is 46.1 Å². The number of nitrogens with zero attached hydrogens (tertiary/aromatic N) is 2. The summed E-state index contributed by atoms with van der Waals surface area (Å²) in [5.41, 5.74) is 1.28. The minimum absolute atomic E-state index is 0.0748. The summed E-state index contributed by atoms with van der Waals surface area (Å²) in [7, 11) is 2.28. The summed E-state index contributed by atoms with van der Waals surface area (Å²) >= 11 is 6.33. The van der Waals surface area contributed by atoms with E-state index in [0.29, 0.717) is 16.8 Å². The normalized spacial score (nSPS) is 20.0. The molecule has 0 atom stereocenters. The monoisotopic (exact) mass is 361 g/mol. The summed E-state index contributed by atoms with van der Waals surface area (Å²) < 4.78 is 1.03. The van der Waals surface area contributed by atoms with Gasteiger partial charge in [0.05, 0.1) is 39.8 Å². The number of carbonyl (C=O) groups is 2. The van der Waals surface area contributed by atoms with Crippen LogP contribution in [0.5, 0.6) is 0 Å². The number of fused-ring (bicyclic) bond motifs is 1. The van der Waals surface area contributed by atoms with E-state index in [9.17, 15) is 9.59 Å². The van der Waals surface area contributed by atoms with Crippen LogP contribution in [0.15, 0.2) is 35.0 Å². The minimum Gasteiger partial charge on any atom is -0.356 e. The highest BCUT2D eigenvalue weighted by atomic mass is 35.5. The molecule has 134 valence electrons. The number of rotatable bonds is 5. The second-order valence-corrected chi connectivity index (χ2v) is 7.73. The number of unbranched alkanes of at least 4 members (excludes halogenated alkanes) is 2. The van der Waals surface area contributed by atoms with E-state index in [-0.39, 0.29) is 16.6 Å². The molecule has 0 aromatic heterocycles. The van der Waals surface area contributed by atoms with Crippen molar-refractivity contribution in [2.75, 3.05) is 39.8 Å². The van der Waals surface area contributed by atoms with Gasteiger partial charge in [0, 0.05) is 11.1 Å². The summed E-state index contributed by atoms with van der Waals surface area (Å²) in [5.74, 6) is -0.361. The molecule has 1 aliphatic heterocycles. The van der Waals surface area contributed by atoms with E-state index in [1.54, 1.807) is 24.3 Å². The number of ketones is 2. The summed E-state index contributed by atoms with van der Waals surface area (Å²) in [6, 6.07) is 6.94. The van der Waals surface area contributed by atoms with Gasteiger partial charge >= 0.3 is 0 Å². The molecular weight excluding hydrogens is 336 g/mol. The molecule has 0 bridgehead atoms. The maximum atomic E-state index is 12.9. The predicted octanol–water partition coefficient (Wildman–Crippen LogP) is 3.47. The van der Waals surface area contributed by atoms with Crippen LogP contribution in [0.25, 0.3) is 0 Å². The summed E-state index contributed by atoms with van der Waals surface area (Å²) in [5, 5.41) is 0.0748. The molecule has 1 heterocycles. The average molecular weight is 362 g/mol. The third-order valence-electron chi connectivity index (χ3n) is 5.48. The van der Waals surface area contributed by atoms with Gasteiger partial charge in [-0.25, -0.2) is 0 Å². The fraction of sp³-hybridized carbons (Fsp3) is 0.500. The highest BCUT2D eigenvalue weighted by Gasteiger charge is 2.37. The molecule has 0 spiro atoms. The zero-order valence-electron chi connectivity index (χ0n) is 15.1. The van der Waals surface area contributed by atoms with Crippen molar-refractivity contribution < 1.29 is 14.1 Å². The lowest BCUT2D eigenvalue weighted by Gasteiger charge is -2.43. The van der Waals surface area contributed by atoms with Crippen molar-refractivity contribution in [1.29, 1.82) is 0 Å². The largest absolute Gasteiger partial charge is 0.356 e. The third kappa shape index (κ3) is 3.51. The molecule has 25 heavy (non-hydrogen) atoms. The first kappa shape index (κ1) is 18.2. The van der Waals surface area contributed by atoms with Gasteiger partial charge in [0.1, 0.15) is 10.7 Å². The zero-order valence-corrected chi connectivity index (χ0v) is 15.8. The molecule has 0 unspecified atom stereocenters. The third-order valence-corrected chi connectivity index (χ3v) is 5.83. The van der Waals surface area contributed by atoms with Crippen LogP contribution in [-0.4, -0.2) is 60.7 Å². The van der Waals surface area contributed by atoms with Gasteiger partial charge in [-0.15, -0.1) is 0 Å². The van der Waals surface area contributed by atoms with E-state index in [4.69, 9.17) is 11.6 Å². The fourth-order valence-electron chi connectivity index (χ4n) is 3.75. The van der Waals surface area contributed by atoms with E-state index in [1.807, 2.05) is 4.90 Å². The molecule has 1 saturated heterocycles. The summed E-state index contributed by atoms with van der Waals surface area (Å²) in [4.78, 5) is 27.5. The number of quaternary nitrogens is 1. The average Bonchev–Trinajstić information content (AvgIpc) is 2.62. The number of allylic oxidation sites excluding steroid dienone is 2. The second-order valence-electron chi connectivity index (χ2n) is 7.35. The Morgan fingerprint density at radius 3 is 2.24 bits per heavy atom. The highest BCUT2D eigenvalue weighted by molar-refractivity contribution is 6.49. The Morgan fingerprint density at radius 1 is 1.04 bits per heavy atom. The van der Waals surface area contributed by atoms with E-state index in [2.05, 4.69) is 14.0 Å². The summed E-state index contributed by atoms with van der Waals surface area (Å²) in [6.45, 7) is 6.85. The molecule has 0 amide bonds. The van der Waals surface area contributed by atoms with Gasteiger partial charge in [0.2, 0.25) is 11.6 Å². The van der Waals surface area contributed by atoms with Crippen molar-refractivity contribution in [1.82, 2.24) is 4.90 Å². The van der Waals surface area contributed by atoms with Crippen molar-refractivity contribution >= 4 is 23.2 Å². The van der Waals surface area contributed by atoms with E-state index >= 15 is 0 Å². The van der Waals surface area contributed by atoms with Gasteiger partial charge in [0.15, 0.2) is 0 Å². The Bertz CT molecular complexity index is 718. The number of carbonyl (C=O) groups excluding carboxylic acids is 2. The molecule has 5 heteroatoms. The van der Waals surface area contributed by atoms with Crippen molar-refractivity contribution in [3.8, 4) is 0 Å². The molecule has 0 N–H and O–H groups in total. The van der Waals surface area contributed by atoms with Crippen LogP contribution < -0.4 is 0 Å². The predicted molar refractivity (Wildman–Crippen MR) is 99.9 cm³/mol. The van der Waals surface area contributed by atoms with Gasteiger partial charge in [-0.05, 0) is 12.8 Å². The maximum Gasteiger partial charge on any atom is 0.211 e. The SMILES string of the molecule is CCCCC[N+]1(C)CCN(C2=C(Cl)C(=O)c3ccccc3C2=O)CC1. The highest BCUT2D eigenvalue weighted by Crippen LogP contribution is 2.31. The van der Waals surface area contributed by atoms with Crippen LogP contribution in [0.3, 0.4) is 0 Å². The Balaban J connectivity index is 1.76. The van der Waals surface area contributed by atoms with Gasteiger partial charge in [-0.2, -0.15) is 0 Å². The minimum atomic E-state index is -0.238. The summed E-state index contributed by atoms with van der Waals surface area (Å²) in [6.07, 6.45) is 3.73. The van der Waals surface area contributed by atoms with Crippen LogP contribution in [-0.2, 0) is 0 Å². The molecule has 4 nitrogen and oxygen atoms in total. The zero-order chi connectivity index (χ0) is 18.0. The molecule has 1 fully saturated rings. The number of benzene rings is 1. The number of likely N-dealkylation sites (N-methyl/N-ethyl adjacent to an activating group) is 1. The number of Topliss-reactive ketones (excluding diaryl/α,β-unsaturated/α-hetero) is 2. The maximum absolute atomic E-state index is 12.9. The number of piperazine rings is 1. The Hall–Kier alpha value is -1.65. The van der Waals surface area contributed by atoms with Crippen LogP contribution in [0.2, 0.25) is 0 Å². The van der Waals surface area contributed by atoms with Gasteiger partial charge in [-0.1, -0.05) is 49.2 Å². The van der Waals surface area contributed by atoms with Crippen molar-refractivity contribution in [3.63, 3.8) is 0 Å². The molecular formula is C20H26ClN2O2+. The smallest absolute Gasteiger partial charge is 0.211 e. The lowest BCUT2D eigenvalue weighted by atomic mass is 9.91. The molecule has 0 radical (unpaired) electrons. The second kappa shape index (κ2) is 7.30. The van der Waals surface area contributed by atoms with Crippen LogP contribution in [0.4, 0.5) is 0 Å². The van der Waals surface area contributed by atoms with E-state index < -0.39 is 0 Å². The molecule has 1 aromatic rings. The molecule has 1 aromatic carbocycles.